The summed E-state index contributed by atoms with van der Waals surface area (Å²) < 4.78 is 5.09. The van der Waals surface area contributed by atoms with Crippen molar-refractivity contribution in [3.63, 3.8) is 0 Å². The lowest BCUT2D eigenvalue weighted by Gasteiger charge is -2.26. The molecule has 0 aromatic heterocycles. The van der Waals surface area contributed by atoms with Crippen molar-refractivity contribution in [3.8, 4) is 0 Å². The van der Waals surface area contributed by atoms with Gasteiger partial charge in [0.2, 0.25) is 0 Å². The Bertz CT molecular complexity index is 333. The summed E-state index contributed by atoms with van der Waals surface area (Å²) in [5.74, 6) is 1.75. The number of benzene rings is 1. The normalized spacial score (nSPS) is 24.1. The summed E-state index contributed by atoms with van der Waals surface area (Å²) in [7, 11) is 1.77. The third-order valence-corrected chi connectivity index (χ3v) is 4.28. The van der Waals surface area contributed by atoms with Crippen LogP contribution in [0.25, 0.3) is 0 Å². The fourth-order valence-corrected chi connectivity index (χ4v) is 2.97. The van der Waals surface area contributed by atoms with Crippen LogP contribution in [0.3, 0.4) is 0 Å². The van der Waals surface area contributed by atoms with Crippen molar-refractivity contribution in [2.24, 2.45) is 5.92 Å². The van der Waals surface area contributed by atoms with E-state index in [0.717, 1.165) is 31.3 Å². The van der Waals surface area contributed by atoms with Gasteiger partial charge in [-0.25, -0.2) is 0 Å². The number of methoxy groups -OCH3 is 1. The maximum atomic E-state index is 5.09. The molecule has 1 aliphatic carbocycles. The molecule has 1 nitrogen and oxygen atoms in total. The summed E-state index contributed by atoms with van der Waals surface area (Å²) in [5, 5.41) is 0. The molecule has 0 spiro atoms. The van der Waals surface area contributed by atoms with E-state index in [9.17, 15) is 0 Å². The summed E-state index contributed by atoms with van der Waals surface area (Å²) in [6.45, 7) is 3.25. The molecule has 1 aromatic rings. The van der Waals surface area contributed by atoms with E-state index in [1.165, 1.54) is 31.2 Å². The van der Waals surface area contributed by atoms with E-state index in [-0.39, 0.29) is 0 Å². The van der Waals surface area contributed by atoms with Crippen LogP contribution < -0.4 is 0 Å². The molecule has 1 heteroatoms. The highest BCUT2D eigenvalue weighted by atomic mass is 16.5. The number of ether oxygens (including phenoxy) is 1. The summed E-state index contributed by atoms with van der Waals surface area (Å²) in [6, 6.07) is 9.32. The molecular formula is C17H26O. The van der Waals surface area contributed by atoms with Gasteiger partial charge in [0.15, 0.2) is 0 Å². The molecule has 1 aromatic carbocycles. The lowest BCUT2D eigenvalue weighted by Crippen LogP contribution is -2.10. The molecule has 100 valence electrons. The van der Waals surface area contributed by atoms with Crippen molar-refractivity contribution in [1.82, 2.24) is 0 Å². The Labute approximate surface area is 112 Å². The molecule has 0 unspecified atom stereocenters. The zero-order valence-corrected chi connectivity index (χ0v) is 11.8. The second-order valence-electron chi connectivity index (χ2n) is 5.79. The van der Waals surface area contributed by atoms with Crippen LogP contribution in [0.1, 0.15) is 56.1 Å². The topological polar surface area (TPSA) is 9.23 Å². The van der Waals surface area contributed by atoms with Gasteiger partial charge in [0, 0.05) is 13.7 Å². The largest absolute Gasteiger partial charge is 0.385 e. The van der Waals surface area contributed by atoms with Crippen LogP contribution in [0.15, 0.2) is 24.3 Å². The van der Waals surface area contributed by atoms with E-state index < -0.39 is 0 Å². The molecule has 1 saturated carbocycles. The Hall–Kier alpha value is -0.820. The maximum absolute atomic E-state index is 5.09. The Morgan fingerprint density at radius 1 is 1.06 bits per heavy atom. The zero-order chi connectivity index (χ0) is 12.8. The van der Waals surface area contributed by atoms with Crippen molar-refractivity contribution >= 4 is 0 Å². The summed E-state index contributed by atoms with van der Waals surface area (Å²) in [6.07, 6.45) is 7.82. The first-order valence-electron chi connectivity index (χ1n) is 7.37. The molecule has 2 rings (SSSR count). The number of rotatable bonds is 5. The second-order valence-corrected chi connectivity index (χ2v) is 5.79. The smallest absolute Gasteiger partial charge is 0.0465 e. The molecule has 0 saturated heterocycles. The van der Waals surface area contributed by atoms with Crippen LogP contribution in [-0.4, -0.2) is 13.7 Å². The Balaban J connectivity index is 1.87. The van der Waals surface area contributed by atoms with Crippen molar-refractivity contribution in [2.75, 3.05) is 13.7 Å². The first-order chi connectivity index (χ1) is 8.79. The van der Waals surface area contributed by atoms with E-state index in [2.05, 4.69) is 31.2 Å². The van der Waals surface area contributed by atoms with Crippen LogP contribution in [0.2, 0.25) is 0 Å². The molecule has 1 fully saturated rings. The molecule has 0 heterocycles. The Morgan fingerprint density at radius 3 is 2.33 bits per heavy atom. The van der Waals surface area contributed by atoms with Gasteiger partial charge in [-0.05, 0) is 48.6 Å². The summed E-state index contributed by atoms with van der Waals surface area (Å²) in [5.41, 5.74) is 3.00. The highest BCUT2D eigenvalue weighted by molar-refractivity contribution is 5.25. The average Bonchev–Trinajstić information content (AvgIpc) is 2.41. The minimum Gasteiger partial charge on any atom is -0.385 e. The molecule has 0 N–H and O–H groups in total. The second kappa shape index (κ2) is 6.94. The van der Waals surface area contributed by atoms with Crippen molar-refractivity contribution < 1.29 is 4.74 Å². The maximum Gasteiger partial charge on any atom is 0.0465 e. The molecule has 0 bridgehead atoms. The summed E-state index contributed by atoms with van der Waals surface area (Å²) in [4.78, 5) is 0. The highest BCUT2D eigenvalue weighted by Gasteiger charge is 2.19. The standard InChI is InChI=1S/C17H26O/c1-14-5-9-16(10-6-14)17-11-7-15(8-12-17)4-3-13-18-2/h7-8,11-12,14,16H,3-6,9-10,13H2,1-2H3/t14-,16-. The van der Waals surface area contributed by atoms with Gasteiger partial charge in [-0.2, -0.15) is 0 Å². The van der Waals surface area contributed by atoms with Crippen molar-refractivity contribution in [3.05, 3.63) is 35.4 Å². The molecular weight excluding hydrogens is 220 g/mol. The van der Waals surface area contributed by atoms with Crippen LogP contribution in [0.5, 0.6) is 0 Å². The fraction of sp³-hybridized carbons (Fsp3) is 0.647. The number of hydrogen-bond acceptors (Lipinski definition) is 1. The van der Waals surface area contributed by atoms with E-state index >= 15 is 0 Å². The van der Waals surface area contributed by atoms with Gasteiger partial charge >= 0.3 is 0 Å². The molecule has 0 amide bonds. The minimum atomic E-state index is 0.814. The Morgan fingerprint density at radius 2 is 1.72 bits per heavy atom. The van der Waals surface area contributed by atoms with Gasteiger partial charge < -0.3 is 4.74 Å². The van der Waals surface area contributed by atoms with Gasteiger partial charge in [-0.15, -0.1) is 0 Å². The lowest BCUT2D eigenvalue weighted by molar-refractivity contribution is 0.195. The van der Waals surface area contributed by atoms with E-state index in [4.69, 9.17) is 4.74 Å². The quantitative estimate of drug-likeness (QED) is 0.692. The van der Waals surface area contributed by atoms with Crippen LogP contribution in [0.4, 0.5) is 0 Å². The van der Waals surface area contributed by atoms with Gasteiger partial charge in [0.25, 0.3) is 0 Å². The van der Waals surface area contributed by atoms with E-state index in [1.54, 1.807) is 12.7 Å². The Kier molecular flexibility index (Phi) is 5.25. The number of aryl methyl sites for hydroxylation is 1. The first-order valence-corrected chi connectivity index (χ1v) is 7.37. The third-order valence-electron chi connectivity index (χ3n) is 4.28. The zero-order valence-electron chi connectivity index (χ0n) is 11.8. The van der Waals surface area contributed by atoms with E-state index in [1.807, 2.05) is 0 Å². The minimum absolute atomic E-state index is 0.814. The average molecular weight is 246 g/mol. The van der Waals surface area contributed by atoms with E-state index in [0.29, 0.717) is 0 Å². The van der Waals surface area contributed by atoms with Crippen molar-refractivity contribution in [2.45, 2.75) is 51.4 Å². The SMILES string of the molecule is COCCCc1ccc([C@H]2CC[C@H](C)CC2)cc1. The molecule has 18 heavy (non-hydrogen) atoms. The van der Waals surface area contributed by atoms with Gasteiger partial charge in [-0.1, -0.05) is 44.0 Å². The van der Waals surface area contributed by atoms with Crippen molar-refractivity contribution in [1.29, 1.82) is 0 Å². The third kappa shape index (κ3) is 3.84. The number of hydrogen-bond donors (Lipinski definition) is 0. The highest BCUT2D eigenvalue weighted by Crippen LogP contribution is 2.35. The lowest BCUT2D eigenvalue weighted by atomic mass is 9.79. The monoisotopic (exact) mass is 246 g/mol. The molecule has 0 radical (unpaired) electrons. The predicted octanol–water partition coefficient (Wildman–Crippen LogP) is 4.56. The van der Waals surface area contributed by atoms with Crippen LogP contribution >= 0.6 is 0 Å². The van der Waals surface area contributed by atoms with Gasteiger partial charge in [0.1, 0.15) is 0 Å². The molecule has 0 aliphatic heterocycles. The van der Waals surface area contributed by atoms with Crippen LogP contribution in [-0.2, 0) is 11.2 Å². The van der Waals surface area contributed by atoms with Crippen LogP contribution in [0, 0.1) is 5.92 Å². The van der Waals surface area contributed by atoms with Gasteiger partial charge in [0.05, 0.1) is 0 Å². The fourth-order valence-electron chi connectivity index (χ4n) is 2.97. The molecule has 0 atom stereocenters. The predicted molar refractivity (Wildman–Crippen MR) is 77.0 cm³/mol. The molecule has 1 aliphatic rings. The first kappa shape index (κ1) is 13.6. The summed E-state index contributed by atoms with van der Waals surface area (Å²) >= 11 is 0. The van der Waals surface area contributed by atoms with Gasteiger partial charge in [-0.3, -0.25) is 0 Å².